The molecule has 0 saturated carbocycles. The van der Waals surface area contributed by atoms with Crippen LogP contribution >= 0.6 is 0 Å². The van der Waals surface area contributed by atoms with E-state index in [4.69, 9.17) is 5.11 Å². The topological polar surface area (TPSA) is 78.4 Å². The van der Waals surface area contributed by atoms with Gasteiger partial charge in [-0.15, -0.1) is 0 Å². The first-order valence-electron chi connectivity index (χ1n) is 8.11. The van der Waals surface area contributed by atoms with E-state index in [-0.39, 0.29) is 18.5 Å². The molecule has 0 heterocycles. The fraction of sp³-hybridized carbons (Fsp3) is 0.875. The number of nitrogens with one attached hydrogen (secondary N) is 2. The molecule has 5 nitrogen and oxygen atoms in total. The molecule has 0 spiro atoms. The summed E-state index contributed by atoms with van der Waals surface area (Å²) in [4.78, 5) is 22.3. The molecule has 21 heavy (non-hydrogen) atoms. The number of carbonyl (C=O) groups is 2. The Morgan fingerprint density at radius 3 is 2.29 bits per heavy atom. The number of amides is 2. The molecule has 124 valence electrons. The monoisotopic (exact) mass is 300 g/mol. The second kappa shape index (κ2) is 11.4. The van der Waals surface area contributed by atoms with E-state index in [1.165, 1.54) is 0 Å². The summed E-state index contributed by atoms with van der Waals surface area (Å²) in [5.74, 6) is 0.189. The third-order valence-corrected chi connectivity index (χ3v) is 3.50. The molecule has 0 bridgehead atoms. The van der Waals surface area contributed by atoms with Crippen molar-refractivity contribution in [2.24, 2.45) is 11.8 Å². The number of carboxylic acid groups (broad SMARTS) is 1. The van der Waals surface area contributed by atoms with Crippen molar-refractivity contribution in [3.05, 3.63) is 0 Å². The highest BCUT2D eigenvalue weighted by Gasteiger charge is 2.12. The highest BCUT2D eigenvalue weighted by Crippen LogP contribution is 2.17. The van der Waals surface area contributed by atoms with Gasteiger partial charge in [0.2, 0.25) is 0 Å². The number of urea groups is 1. The first-order valence-corrected chi connectivity index (χ1v) is 8.11. The molecule has 0 aromatic carbocycles. The molecule has 0 aliphatic heterocycles. The second-order valence-electron chi connectivity index (χ2n) is 6.31. The number of hydrogen-bond donors (Lipinski definition) is 3. The third-order valence-electron chi connectivity index (χ3n) is 3.50. The van der Waals surface area contributed by atoms with Crippen LogP contribution < -0.4 is 10.6 Å². The fourth-order valence-corrected chi connectivity index (χ4v) is 2.60. The van der Waals surface area contributed by atoms with E-state index in [2.05, 4.69) is 31.4 Å². The average Bonchev–Trinajstić information content (AvgIpc) is 2.34. The first kappa shape index (κ1) is 19.7. The van der Waals surface area contributed by atoms with Gasteiger partial charge in [-0.1, -0.05) is 33.6 Å². The molecule has 3 N–H and O–H groups in total. The maximum atomic E-state index is 11.7. The molecule has 2 atom stereocenters. The molecule has 0 aliphatic rings. The van der Waals surface area contributed by atoms with Gasteiger partial charge in [0, 0.05) is 19.0 Å². The Balaban J connectivity index is 3.90. The summed E-state index contributed by atoms with van der Waals surface area (Å²) < 4.78 is 0. The summed E-state index contributed by atoms with van der Waals surface area (Å²) in [6.07, 6.45) is 4.76. The Bertz CT molecular complexity index is 306. The van der Waals surface area contributed by atoms with Gasteiger partial charge >= 0.3 is 12.0 Å². The Morgan fingerprint density at radius 2 is 1.76 bits per heavy atom. The van der Waals surface area contributed by atoms with Gasteiger partial charge in [0.15, 0.2) is 0 Å². The van der Waals surface area contributed by atoms with Crippen LogP contribution in [0.2, 0.25) is 0 Å². The van der Waals surface area contributed by atoms with Crippen LogP contribution in [0.5, 0.6) is 0 Å². The minimum Gasteiger partial charge on any atom is -0.481 e. The molecule has 0 aromatic rings. The predicted octanol–water partition coefficient (Wildman–Crippen LogP) is 3.39. The summed E-state index contributed by atoms with van der Waals surface area (Å²) in [6, 6.07) is 0.0417. The van der Waals surface area contributed by atoms with E-state index in [9.17, 15) is 9.59 Å². The van der Waals surface area contributed by atoms with E-state index in [0.717, 1.165) is 25.7 Å². The Morgan fingerprint density at radius 1 is 1.10 bits per heavy atom. The number of carbonyl (C=O) groups excluding carboxylic acids is 1. The molecule has 0 radical (unpaired) electrons. The zero-order valence-electron chi connectivity index (χ0n) is 13.9. The van der Waals surface area contributed by atoms with Crippen LogP contribution in [-0.2, 0) is 4.79 Å². The largest absolute Gasteiger partial charge is 0.481 e. The predicted molar refractivity (Wildman–Crippen MR) is 85.3 cm³/mol. The smallest absolute Gasteiger partial charge is 0.314 e. The van der Waals surface area contributed by atoms with Crippen LogP contribution in [0.3, 0.4) is 0 Å². The molecule has 0 aliphatic carbocycles. The molecule has 2 unspecified atom stereocenters. The maximum Gasteiger partial charge on any atom is 0.314 e. The number of aliphatic carboxylic acids is 1. The van der Waals surface area contributed by atoms with Crippen LogP contribution in [0.4, 0.5) is 4.79 Å². The molecular weight excluding hydrogens is 268 g/mol. The van der Waals surface area contributed by atoms with Crippen LogP contribution in [0, 0.1) is 11.8 Å². The average molecular weight is 300 g/mol. The van der Waals surface area contributed by atoms with E-state index in [1.807, 2.05) is 6.92 Å². The lowest BCUT2D eigenvalue weighted by atomic mass is 9.94. The van der Waals surface area contributed by atoms with E-state index in [1.54, 1.807) is 0 Å². The van der Waals surface area contributed by atoms with Gasteiger partial charge in [-0.3, -0.25) is 4.79 Å². The zero-order chi connectivity index (χ0) is 16.3. The van der Waals surface area contributed by atoms with E-state index >= 15 is 0 Å². The minimum absolute atomic E-state index is 0.128. The first-order chi connectivity index (χ1) is 9.85. The van der Waals surface area contributed by atoms with Crippen LogP contribution in [0.15, 0.2) is 0 Å². The van der Waals surface area contributed by atoms with Crippen molar-refractivity contribution >= 4 is 12.0 Å². The van der Waals surface area contributed by atoms with Gasteiger partial charge in [0.1, 0.15) is 0 Å². The van der Waals surface area contributed by atoms with Crippen LogP contribution in [0.25, 0.3) is 0 Å². The highest BCUT2D eigenvalue weighted by atomic mass is 16.4. The summed E-state index contributed by atoms with van der Waals surface area (Å²) >= 11 is 0. The number of rotatable bonds is 11. The maximum absolute atomic E-state index is 11.7. The normalized spacial score (nSPS) is 13.8. The highest BCUT2D eigenvalue weighted by molar-refractivity contribution is 5.74. The van der Waals surface area contributed by atoms with Crippen molar-refractivity contribution in [3.8, 4) is 0 Å². The summed E-state index contributed by atoms with van der Waals surface area (Å²) in [7, 11) is 0. The molecular formula is C16H32N2O3. The quantitative estimate of drug-likeness (QED) is 0.547. The van der Waals surface area contributed by atoms with Crippen molar-refractivity contribution in [2.45, 2.75) is 72.3 Å². The van der Waals surface area contributed by atoms with Gasteiger partial charge in [-0.25, -0.2) is 4.79 Å². The molecule has 0 saturated heterocycles. The molecule has 0 aromatic heterocycles. The number of hydrogen-bond acceptors (Lipinski definition) is 2. The molecule has 2 amide bonds. The lowest BCUT2D eigenvalue weighted by molar-refractivity contribution is -0.137. The van der Waals surface area contributed by atoms with Crippen LogP contribution in [0.1, 0.15) is 66.2 Å². The second-order valence-corrected chi connectivity index (χ2v) is 6.31. The molecule has 0 rings (SSSR count). The van der Waals surface area contributed by atoms with Crippen molar-refractivity contribution in [1.82, 2.24) is 10.6 Å². The third kappa shape index (κ3) is 12.2. The van der Waals surface area contributed by atoms with Crippen molar-refractivity contribution in [3.63, 3.8) is 0 Å². The lowest BCUT2D eigenvalue weighted by Gasteiger charge is -2.18. The fourth-order valence-electron chi connectivity index (χ4n) is 2.60. The Hall–Kier alpha value is -1.26. The van der Waals surface area contributed by atoms with Gasteiger partial charge < -0.3 is 15.7 Å². The molecule has 0 fully saturated rings. The van der Waals surface area contributed by atoms with Gasteiger partial charge in [0.25, 0.3) is 0 Å². The van der Waals surface area contributed by atoms with Crippen LogP contribution in [-0.4, -0.2) is 29.7 Å². The Labute approximate surface area is 128 Å². The van der Waals surface area contributed by atoms with E-state index in [0.29, 0.717) is 24.8 Å². The van der Waals surface area contributed by atoms with Crippen molar-refractivity contribution in [2.75, 3.05) is 6.54 Å². The SMILES string of the molecule is CCCC(CCNC(=O)NC(C)CC(C)C)CCC(=O)O. The zero-order valence-corrected chi connectivity index (χ0v) is 13.9. The van der Waals surface area contributed by atoms with Gasteiger partial charge in [-0.05, 0) is 38.0 Å². The Kier molecular flexibility index (Phi) is 10.7. The summed E-state index contributed by atoms with van der Waals surface area (Å²) in [5, 5.41) is 14.5. The lowest BCUT2D eigenvalue weighted by Crippen LogP contribution is -2.41. The van der Waals surface area contributed by atoms with Crippen molar-refractivity contribution in [1.29, 1.82) is 0 Å². The van der Waals surface area contributed by atoms with Crippen molar-refractivity contribution < 1.29 is 14.7 Å². The van der Waals surface area contributed by atoms with Gasteiger partial charge in [0.05, 0.1) is 0 Å². The van der Waals surface area contributed by atoms with E-state index < -0.39 is 5.97 Å². The summed E-state index contributed by atoms with van der Waals surface area (Å²) in [6.45, 7) is 8.97. The standard InChI is InChI=1S/C16H32N2O3/c1-5-6-14(7-8-15(19)20)9-10-17-16(21)18-13(4)11-12(2)3/h12-14H,5-11H2,1-4H3,(H,19,20)(H2,17,18,21). The molecule has 5 heteroatoms. The summed E-state index contributed by atoms with van der Waals surface area (Å²) in [5.41, 5.74) is 0. The number of carboxylic acids is 1. The van der Waals surface area contributed by atoms with Gasteiger partial charge in [-0.2, -0.15) is 0 Å². The minimum atomic E-state index is -0.746.